The summed E-state index contributed by atoms with van der Waals surface area (Å²) in [6.45, 7) is 10.6. The summed E-state index contributed by atoms with van der Waals surface area (Å²) in [5.41, 5.74) is 1.96. The fraction of sp³-hybridized carbons (Fsp3) is 0.548. The van der Waals surface area contributed by atoms with Crippen LogP contribution in [0.2, 0.25) is 0 Å². The van der Waals surface area contributed by atoms with E-state index in [-0.39, 0.29) is 29.3 Å². The highest BCUT2D eigenvalue weighted by atomic mass is 32.2. The van der Waals surface area contributed by atoms with Gasteiger partial charge < -0.3 is 14.4 Å². The maximum atomic E-state index is 13.6. The Kier molecular flexibility index (Phi) is 8.57. The van der Waals surface area contributed by atoms with Gasteiger partial charge in [0.05, 0.1) is 22.6 Å². The largest absolute Gasteiger partial charge is 0.490 e. The zero-order chi connectivity index (χ0) is 26.6. The Bertz CT molecular complexity index is 1050. The molecule has 5 nitrogen and oxygen atoms in total. The zero-order valence-corrected chi connectivity index (χ0v) is 23.7. The van der Waals surface area contributed by atoms with Crippen molar-refractivity contribution < 1.29 is 19.1 Å². The predicted molar refractivity (Wildman–Crippen MR) is 150 cm³/mol. The van der Waals surface area contributed by atoms with Crippen molar-refractivity contribution in [2.75, 3.05) is 6.54 Å². The van der Waals surface area contributed by atoms with Crippen LogP contribution in [0.3, 0.4) is 0 Å². The van der Waals surface area contributed by atoms with Crippen LogP contribution in [0.25, 0.3) is 0 Å². The molecule has 200 valence electrons. The van der Waals surface area contributed by atoms with Crippen LogP contribution in [0, 0.1) is 0 Å². The molecule has 0 radical (unpaired) electrons. The van der Waals surface area contributed by atoms with Crippen molar-refractivity contribution in [1.29, 1.82) is 0 Å². The van der Waals surface area contributed by atoms with Gasteiger partial charge in [-0.25, -0.2) is 0 Å². The monoisotopic (exact) mass is 523 g/mol. The number of hydrogen-bond donors (Lipinski definition) is 0. The first-order valence-corrected chi connectivity index (χ1v) is 14.4. The Hall–Kier alpha value is -2.47. The molecular weight excluding hydrogens is 482 g/mol. The molecule has 1 spiro atoms. The molecule has 2 aromatic carbocycles. The Morgan fingerprint density at radius 3 is 2.30 bits per heavy atom. The van der Waals surface area contributed by atoms with Crippen molar-refractivity contribution in [1.82, 2.24) is 4.90 Å². The van der Waals surface area contributed by atoms with Crippen LogP contribution in [0.4, 0.5) is 0 Å². The first-order valence-electron chi connectivity index (χ1n) is 13.6. The minimum Gasteiger partial charge on any atom is -0.490 e. The first kappa shape index (κ1) is 27.6. The highest BCUT2D eigenvalue weighted by Crippen LogP contribution is 2.51. The lowest BCUT2D eigenvalue weighted by Gasteiger charge is -2.42. The summed E-state index contributed by atoms with van der Waals surface area (Å²) >= 11 is 1.67. The Morgan fingerprint density at radius 1 is 1.05 bits per heavy atom. The molecule has 2 aliphatic rings. The number of nitrogens with zero attached hydrogens (tertiary/aromatic N) is 1. The van der Waals surface area contributed by atoms with E-state index in [1.54, 1.807) is 11.8 Å². The van der Waals surface area contributed by atoms with E-state index in [2.05, 4.69) is 55.1 Å². The van der Waals surface area contributed by atoms with Crippen molar-refractivity contribution in [3.63, 3.8) is 0 Å². The molecule has 1 saturated carbocycles. The molecule has 0 bridgehead atoms. The van der Waals surface area contributed by atoms with Gasteiger partial charge >= 0.3 is 5.97 Å². The van der Waals surface area contributed by atoms with Crippen molar-refractivity contribution in [2.24, 2.45) is 0 Å². The van der Waals surface area contributed by atoms with Crippen LogP contribution in [0.15, 0.2) is 54.6 Å². The Morgan fingerprint density at radius 2 is 1.70 bits per heavy atom. The quantitative estimate of drug-likeness (QED) is 0.358. The molecule has 1 atom stereocenters. The fourth-order valence-electron chi connectivity index (χ4n) is 5.29. The third-order valence-corrected chi connectivity index (χ3v) is 8.92. The summed E-state index contributed by atoms with van der Waals surface area (Å²) in [5, 5.41) is -0.397. The van der Waals surface area contributed by atoms with E-state index in [0.717, 1.165) is 37.9 Å². The van der Waals surface area contributed by atoms with Gasteiger partial charge in [0.2, 0.25) is 5.91 Å². The van der Waals surface area contributed by atoms with Crippen molar-refractivity contribution in [2.45, 2.75) is 101 Å². The first-order chi connectivity index (χ1) is 17.5. The van der Waals surface area contributed by atoms with E-state index in [4.69, 9.17) is 9.47 Å². The zero-order valence-electron chi connectivity index (χ0n) is 22.9. The number of carbonyl (C=O) groups excluding carboxylic acids is 2. The smallest absolute Gasteiger partial charge is 0.307 e. The van der Waals surface area contributed by atoms with E-state index in [1.807, 2.05) is 39.0 Å². The lowest BCUT2D eigenvalue weighted by atomic mass is 9.90. The summed E-state index contributed by atoms with van der Waals surface area (Å²) in [5.74, 6) is 1.16. The Balaban J connectivity index is 1.44. The van der Waals surface area contributed by atoms with E-state index in [1.165, 1.54) is 11.1 Å². The van der Waals surface area contributed by atoms with Crippen LogP contribution in [0.1, 0.15) is 83.8 Å². The lowest BCUT2D eigenvalue weighted by molar-refractivity contribution is -0.156. The highest BCUT2D eigenvalue weighted by molar-refractivity contribution is 8.02. The van der Waals surface area contributed by atoms with E-state index < -0.39 is 10.9 Å². The van der Waals surface area contributed by atoms with Crippen LogP contribution < -0.4 is 4.74 Å². The third kappa shape index (κ3) is 7.10. The molecule has 37 heavy (non-hydrogen) atoms. The summed E-state index contributed by atoms with van der Waals surface area (Å²) in [6, 6.07) is 18.7. The fourth-order valence-corrected chi connectivity index (χ4v) is 7.05. The number of thioether (sulfide) groups is 1. The van der Waals surface area contributed by atoms with E-state index in [9.17, 15) is 9.59 Å². The van der Waals surface area contributed by atoms with E-state index in [0.29, 0.717) is 12.5 Å². The molecule has 6 heteroatoms. The van der Waals surface area contributed by atoms with Gasteiger partial charge in [-0.3, -0.25) is 9.59 Å². The summed E-state index contributed by atoms with van der Waals surface area (Å²) in [6.07, 6.45) is 4.53. The average Bonchev–Trinajstić information content (AvgIpc) is 3.09. The van der Waals surface area contributed by atoms with Crippen LogP contribution >= 0.6 is 11.8 Å². The number of hydrogen-bond acceptors (Lipinski definition) is 5. The second-order valence-corrected chi connectivity index (χ2v) is 13.2. The third-order valence-electron chi connectivity index (χ3n) is 7.20. The van der Waals surface area contributed by atoms with Gasteiger partial charge in [0.25, 0.3) is 0 Å². The number of rotatable bonds is 8. The number of carbonyl (C=O) groups is 2. The molecule has 4 rings (SSSR count). The summed E-state index contributed by atoms with van der Waals surface area (Å²) in [4.78, 5) is 28.0. The highest BCUT2D eigenvalue weighted by Gasteiger charge is 2.53. The summed E-state index contributed by atoms with van der Waals surface area (Å²) in [7, 11) is 0. The molecule has 2 fully saturated rings. The number of esters is 1. The molecule has 1 amide bonds. The second kappa shape index (κ2) is 11.5. The van der Waals surface area contributed by atoms with Crippen molar-refractivity contribution in [3.8, 4) is 5.75 Å². The minimum absolute atomic E-state index is 0.0652. The van der Waals surface area contributed by atoms with E-state index >= 15 is 0 Å². The topological polar surface area (TPSA) is 55.8 Å². The van der Waals surface area contributed by atoms with Gasteiger partial charge in [-0.1, -0.05) is 56.3 Å². The maximum Gasteiger partial charge on any atom is 0.307 e. The van der Waals surface area contributed by atoms with Gasteiger partial charge in [-0.2, -0.15) is 0 Å². The van der Waals surface area contributed by atoms with Gasteiger partial charge in [0.15, 0.2) is 0 Å². The van der Waals surface area contributed by atoms with Crippen LogP contribution in [-0.4, -0.2) is 45.1 Å². The van der Waals surface area contributed by atoms with Crippen LogP contribution in [-0.2, 0) is 20.7 Å². The molecule has 0 N–H and O–H groups in total. The average molecular weight is 524 g/mol. The maximum absolute atomic E-state index is 13.6. The molecular formula is C31H41NO4S. The molecule has 0 aromatic heterocycles. The summed E-state index contributed by atoms with van der Waals surface area (Å²) < 4.78 is 11.9. The number of ether oxygens (including phenoxy) is 2. The molecule has 1 saturated heterocycles. The van der Waals surface area contributed by atoms with Gasteiger partial charge in [-0.15, -0.1) is 11.8 Å². The van der Waals surface area contributed by atoms with Gasteiger partial charge in [-0.05, 0) is 82.1 Å². The molecule has 1 heterocycles. The standard InChI is InChI=1S/C31H41NO4S/c1-22(2)24-11-13-25(14-12-24)35-26-15-18-31(19-16-26)32(20-17-23-9-7-6-8-10-23)29(34)27(37-31)21-28(33)36-30(3,4)5/h6-14,22,26-27H,15-21H2,1-5H3. The molecule has 1 unspecified atom stereocenters. The lowest BCUT2D eigenvalue weighted by Crippen LogP contribution is -2.49. The number of benzene rings is 2. The molecule has 1 aliphatic carbocycles. The van der Waals surface area contributed by atoms with Crippen molar-refractivity contribution >= 4 is 23.6 Å². The number of amides is 1. The minimum atomic E-state index is -0.559. The normalized spacial score (nSPS) is 24.1. The SMILES string of the molecule is CC(C)c1ccc(OC2CCC3(CC2)SC(CC(=O)OC(C)(C)C)C(=O)N3CCc2ccccc2)cc1. The van der Waals surface area contributed by atoms with Gasteiger partial charge in [0, 0.05) is 6.54 Å². The Labute approximate surface area is 226 Å². The van der Waals surface area contributed by atoms with Gasteiger partial charge in [0.1, 0.15) is 11.4 Å². The molecule has 2 aromatic rings. The second-order valence-electron chi connectivity index (χ2n) is 11.6. The van der Waals surface area contributed by atoms with Crippen molar-refractivity contribution in [3.05, 3.63) is 65.7 Å². The predicted octanol–water partition coefficient (Wildman–Crippen LogP) is 6.75. The van der Waals surface area contributed by atoms with Crippen LogP contribution in [0.5, 0.6) is 5.75 Å². The molecule has 1 aliphatic heterocycles.